The molecular formula is C21H38. The first-order valence-corrected chi connectivity index (χ1v) is 9.05. The van der Waals surface area contributed by atoms with Crippen LogP contribution in [0.25, 0.3) is 0 Å². The molecule has 0 nitrogen and oxygen atoms in total. The van der Waals surface area contributed by atoms with Gasteiger partial charge in [0.1, 0.15) is 0 Å². The van der Waals surface area contributed by atoms with Crippen LogP contribution >= 0.6 is 0 Å². The summed E-state index contributed by atoms with van der Waals surface area (Å²) in [6.07, 6.45) is 20.4. The van der Waals surface area contributed by atoms with E-state index >= 15 is 0 Å². The summed E-state index contributed by atoms with van der Waals surface area (Å²) in [4.78, 5) is 0. The van der Waals surface area contributed by atoms with E-state index in [2.05, 4.69) is 52.5 Å². The Balaban J connectivity index is 3.48. The molecule has 0 amide bonds. The highest BCUT2D eigenvalue weighted by Gasteiger charge is 1.97. The van der Waals surface area contributed by atoms with Gasteiger partial charge in [-0.05, 0) is 38.2 Å². The fourth-order valence-corrected chi connectivity index (χ4v) is 2.68. The molecule has 122 valence electrons. The van der Waals surface area contributed by atoms with Crippen LogP contribution in [-0.4, -0.2) is 0 Å². The molecule has 21 heavy (non-hydrogen) atoms. The van der Waals surface area contributed by atoms with Crippen molar-refractivity contribution in [3.63, 3.8) is 0 Å². The number of allylic oxidation sites excluding steroid dienone is 5. The van der Waals surface area contributed by atoms with Gasteiger partial charge in [-0.1, -0.05) is 95.6 Å². The average molecular weight is 291 g/mol. The minimum absolute atomic E-state index is 0.878. The Labute approximate surface area is 134 Å². The highest BCUT2D eigenvalue weighted by Crippen LogP contribution is 2.16. The first-order valence-electron chi connectivity index (χ1n) is 9.05. The predicted octanol–water partition coefficient (Wildman–Crippen LogP) is 7.62. The van der Waals surface area contributed by atoms with Gasteiger partial charge in [-0.2, -0.15) is 0 Å². The van der Waals surface area contributed by atoms with Crippen molar-refractivity contribution in [2.24, 2.45) is 5.92 Å². The Morgan fingerprint density at radius 3 is 1.90 bits per heavy atom. The third-order valence-corrected chi connectivity index (χ3v) is 3.81. The van der Waals surface area contributed by atoms with Crippen molar-refractivity contribution >= 4 is 0 Å². The molecule has 0 heteroatoms. The molecule has 0 aromatic rings. The van der Waals surface area contributed by atoms with Gasteiger partial charge < -0.3 is 0 Å². The lowest BCUT2D eigenvalue weighted by molar-refractivity contribution is 0.507. The van der Waals surface area contributed by atoms with Crippen LogP contribution in [0.1, 0.15) is 91.9 Å². The maximum atomic E-state index is 3.97. The highest BCUT2D eigenvalue weighted by atomic mass is 14.0. The Bertz CT molecular complexity index is 304. The zero-order valence-corrected chi connectivity index (χ0v) is 15.1. The van der Waals surface area contributed by atoms with Gasteiger partial charge in [0.05, 0.1) is 0 Å². The first-order chi connectivity index (χ1) is 10.1. The van der Waals surface area contributed by atoms with Crippen LogP contribution in [0.2, 0.25) is 0 Å². The van der Waals surface area contributed by atoms with E-state index in [1.54, 1.807) is 0 Å². The summed E-state index contributed by atoms with van der Waals surface area (Å²) in [5.41, 5.74) is 2.59. The molecule has 0 aliphatic rings. The number of rotatable bonds is 13. The van der Waals surface area contributed by atoms with Crippen LogP contribution in [0.5, 0.6) is 0 Å². The van der Waals surface area contributed by atoms with Crippen molar-refractivity contribution in [3.05, 3.63) is 36.0 Å². The standard InChI is InChI=1S/C21H38/c1-6-15-21(18-20(4)5)17-14-12-10-8-7-9-11-13-16-19(2)3/h6,15,18-19H,4,7-14,16-17H2,1-3,5H3/b15-6+,21-18+. The number of unbranched alkanes of at least 4 members (excludes halogenated alkanes) is 7. The minimum Gasteiger partial charge on any atom is -0.0961 e. The molecular weight excluding hydrogens is 252 g/mol. The van der Waals surface area contributed by atoms with Crippen LogP contribution in [0.3, 0.4) is 0 Å². The third kappa shape index (κ3) is 15.4. The molecule has 0 aromatic heterocycles. The third-order valence-electron chi connectivity index (χ3n) is 3.81. The summed E-state index contributed by atoms with van der Waals surface area (Å²) in [5.74, 6) is 0.878. The molecule has 0 saturated heterocycles. The van der Waals surface area contributed by atoms with Gasteiger partial charge in [0.25, 0.3) is 0 Å². The molecule has 0 rings (SSSR count). The van der Waals surface area contributed by atoms with Crippen molar-refractivity contribution in [1.82, 2.24) is 0 Å². The second kappa shape index (κ2) is 14.2. The summed E-state index contributed by atoms with van der Waals surface area (Å²) in [7, 11) is 0. The molecule has 0 spiro atoms. The molecule has 0 atom stereocenters. The molecule has 0 aliphatic carbocycles. The molecule has 0 saturated carbocycles. The monoisotopic (exact) mass is 290 g/mol. The lowest BCUT2D eigenvalue weighted by atomic mass is 10.0. The number of hydrogen-bond acceptors (Lipinski definition) is 0. The van der Waals surface area contributed by atoms with Gasteiger partial charge >= 0.3 is 0 Å². The Kier molecular flexibility index (Phi) is 13.6. The predicted molar refractivity (Wildman–Crippen MR) is 98.7 cm³/mol. The van der Waals surface area contributed by atoms with Crippen molar-refractivity contribution in [2.45, 2.75) is 91.9 Å². The van der Waals surface area contributed by atoms with Crippen LogP contribution < -0.4 is 0 Å². The van der Waals surface area contributed by atoms with E-state index in [0.29, 0.717) is 0 Å². The van der Waals surface area contributed by atoms with Crippen molar-refractivity contribution < 1.29 is 0 Å². The summed E-state index contributed by atoms with van der Waals surface area (Å²) in [6.45, 7) is 12.8. The molecule has 0 radical (unpaired) electrons. The quantitative estimate of drug-likeness (QED) is 0.242. The van der Waals surface area contributed by atoms with Crippen molar-refractivity contribution in [3.8, 4) is 0 Å². The smallest absolute Gasteiger partial charge is 0.0279 e. The SMILES string of the molecule is C=C(C)/C=C(\C=C\C)CCCCCCCCCCC(C)C. The molecule has 0 bridgehead atoms. The normalized spacial score (nSPS) is 12.5. The topological polar surface area (TPSA) is 0 Å². The molecule has 0 aliphatic heterocycles. The Morgan fingerprint density at radius 1 is 0.905 bits per heavy atom. The maximum Gasteiger partial charge on any atom is -0.0279 e. The van der Waals surface area contributed by atoms with E-state index in [0.717, 1.165) is 11.5 Å². The van der Waals surface area contributed by atoms with E-state index in [9.17, 15) is 0 Å². The van der Waals surface area contributed by atoms with E-state index in [1.165, 1.54) is 69.8 Å². The molecule has 0 fully saturated rings. The highest BCUT2D eigenvalue weighted by molar-refractivity contribution is 5.27. The zero-order chi connectivity index (χ0) is 15.9. The van der Waals surface area contributed by atoms with Crippen LogP contribution in [0.4, 0.5) is 0 Å². The largest absolute Gasteiger partial charge is 0.0961 e. The van der Waals surface area contributed by atoms with E-state index in [-0.39, 0.29) is 0 Å². The van der Waals surface area contributed by atoms with E-state index in [1.807, 2.05) is 0 Å². The Hall–Kier alpha value is -0.780. The lowest BCUT2D eigenvalue weighted by Gasteiger charge is -2.05. The number of hydrogen-bond donors (Lipinski definition) is 0. The Morgan fingerprint density at radius 2 is 1.43 bits per heavy atom. The zero-order valence-electron chi connectivity index (χ0n) is 15.1. The fraction of sp³-hybridized carbons (Fsp3) is 0.714. The van der Waals surface area contributed by atoms with E-state index in [4.69, 9.17) is 0 Å². The molecule has 0 N–H and O–H groups in total. The van der Waals surface area contributed by atoms with Gasteiger partial charge in [0, 0.05) is 0 Å². The van der Waals surface area contributed by atoms with Gasteiger partial charge in [0.2, 0.25) is 0 Å². The van der Waals surface area contributed by atoms with Gasteiger partial charge in [0.15, 0.2) is 0 Å². The molecule has 0 heterocycles. The minimum atomic E-state index is 0.878. The summed E-state index contributed by atoms with van der Waals surface area (Å²) in [5, 5.41) is 0. The van der Waals surface area contributed by atoms with Crippen molar-refractivity contribution in [2.75, 3.05) is 0 Å². The second-order valence-corrected chi connectivity index (χ2v) is 6.83. The van der Waals surface area contributed by atoms with Gasteiger partial charge in [-0.25, -0.2) is 0 Å². The summed E-state index contributed by atoms with van der Waals surface area (Å²) < 4.78 is 0. The average Bonchev–Trinajstić information content (AvgIpc) is 2.40. The van der Waals surface area contributed by atoms with Crippen LogP contribution in [0, 0.1) is 5.92 Å². The fourth-order valence-electron chi connectivity index (χ4n) is 2.68. The van der Waals surface area contributed by atoms with Crippen molar-refractivity contribution in [1.29, 1.82) is 0 Å². The maximum absolute atomic E-state index is 3.97. The molecule has 0 unspecified atom stereocenters. The van der Waals surface area contributed by atoms with Crippen LogP contribution in [-0.2, 0) is 0 Å². The lowest BCUT2D eigenvalue weighted by Crippen LogP contribution is -1.87. The van der Waals surface area contributed by atoms with Crippen LogP contribution in [0.15, 0.2) is 36.0 Å². The van der Waals surface area contributed by atoms with Gasteiger partial charge in [-0.3, -0.25) is 0 Å². The second-order valence-electron chi connectivity index (χ2n) is 6.83. The molecule has 0 aromatic carbocycles. The first kappa shape index (κ1) is 20.2. The summed E-state index contributed by atoms with van der Waals surface area (Å²) in [6, 6.07) is 0. The van der Waals surface area contributed by atoms with Gasteiger partial charge in [-0.15, -0.1) is 0 Å². The van der Waals surface area contributed by atoms with E-state index < -0.39 is 0 Å². The summed E-state index contributed by atoms with van der Waals surface area (Å²) >= 11 is 0.